The Bertz CT molecular complexity index is 3050. The van der Waals surface area contributed by atoms with Crippen LogP contribution >= 0.6 is 0 Å². The summed E-state index contributed by atoms with van der Waals surface area (Å²) < 4.78 is 27.6. The molecule has 0 radical (unpaired) electrons. The lowest BCUT2D eigenvalue weighted by molar-refractivity contribution is 0.332. The normalized spacial score (nSPS) is 19.5. The van der Waals surface area contributed by atoms with E-state index < -0.39 is 6.85 Å². The number of rotatable bonds is 3. The van der Waals surface area contributed by atoms with E-state index in [4.69, 9.17) is 0 Å². The highest BCUT2D eigenvalue weighted by Gasteiger charge is 2.48. The molecular formula is C62H73BN2. The van der Waals surface area contributed by atoms with Crippen LogP contribution in [0.1, 0.15) is 171 Å². The Morgan fingerprint density at radius 1 is 0.477 bits per heavy atom. The van der Waals surface area contributed by atoms with Gasteiger partial charge < -0.3 is 9.80 Å². The zero-order valence-corrected chi connectivity index (χ0v) is 42.1. The van der Waals surface area contributed by atoms with Crippen molar-refractivity contribution in [1.82, 2.24) is 0 Å². The summed E-state index contributed by atoms with van der Waals surface area (Å²) in [7, 11) is 0. The van der Waals surface area contributed by atoms with Gasteiger partial charge in [0.25, 0.3) is 6.71 Å². The van der Waals surface area contributed by atoms with Crippen molar-refractivity contribution in [3.63, 3.8) is 0 Å². The predicted molar refractivity (Wildman–Crippen MR) is 283 cm³/mol. The highest BCUT2D eigenvalue weighted by Crippen LogP contribution is 2.54. The molecule has 0 N–H and O–H groups in total. The largest absolute Gasteiger partial charge is 0.311 e. The van der Waals surface area contributed by atoms with Gasteiger partial charge in [-0.25, -0.2) is 0 Å². The SMILES string of the molecule is [2H]C([2H])([2H])c1cc2c3c(c1)N(c1ccc(C(C)(C)C)cc1-c1ccccc1)c1cc4c(cc1B3c1cc(C(C)(C)C)ccc1N2c1cc2c(cc1C)C(C)(C)CCC2(C)C)C(C)(C)CCC4(C)C. The van der Waals surface area contributed by atoms with Crippen LogP contribution in [0.2, 0.25) is 0 Å². The van der Waals surface area contributed by atoms with Crippen LogP contribution in [0.4, 0.5) is 34.1 Å². The minimum atomic E-state index is -2.37. The molecule has 0 saturated carbocycles. The van der Waals surface area contributed by atoms with Gasteiger partial charge in [0.1, 0.15) is 0 Å². The summed E-state index contributed by atoms with van der Waals surface area (Å²) in [4.78, 5) is 4.95. The van der Waals surface area contributed by atoms with Crippen molar-refractivity contribution in [1.29, 1.82) is 0 Å². The van der Waals surface area contributed by atoms with Crippen molar-refractivity contribution < 1.29 is 4.11 Å². The molecule has 6 aromatic carbocycles. The molecule has 2 aliphatic carbocycles. The molecule has 0 amide bonds. The van der Waals surface area contributed by atoms with Gasteiger partial charge in [-0.05, 0) is 181 Å². The average molecular weight is 860 g/mol. The van der Waals surface area contributed by atoms with E-state index in [1.54, 1.807) is 0 Å². The molecule has 0 aromatic heterocycles. The van der Waals surface area contributed by atoms with Gasteiger partial charge >= 0.3 is 0 Å². The molecule has 10 rings (SSSR count). The number of benzene rings is 6. The van der Waals surface area contributed by atoms with Crippen molar-refractivity contribution in [3.05, 3.63) is 148 Å². The first kappa shape index (κ1) is 40.3. The van der Waals surface area contributed by atoms with Crippen LogP contribution in [-0.2, 0) is 32.5 Å². The lowest BCUT2D eigenvalue weighted by atomic mass is 9.33. The van der Waals surface area contributed by atoms with E-state index in [1.807, 2.05) is 12.1 Å². The number of hydrogen-bond donors (Lipinski definition) is 0. The molecule has 4 aliphatic rings. The van der Waals surface area contributed by atoms with Crippen LogP contribution in [0.15, 0.2) is 103 Å². The molecule has 0 fully saturated rings. The average Bonchev–Trinajstić information content (AvgIpc) is 3.25. The third kappa shape index (κ3) is 6.87. The van der Waals surface area contributed by atoms with E-state index in [0.717, 1.165) is 76.4 Å². The first-order chi connectivity index (χ1) is 31.5. The fraction of sp³-hybridized carbons (Fsp3) is 0.419. The van der Waals surface area contributed by atoms with E-state index in [9.17, 15) is 4.11 Å². The van der Waals surface area contributed by atoms with E-state index in [-0.39, 0.29) is 39.2 Å². The quantitative estimate of drug-likeness (QED) is 0.163. The zero-order valence-electron chi connectivity index (χ0n) is 45.1. The van der Waals surface area contributed by atoms with Crippen LogP contribution in [0.25, 0.3) is 11.1 Å². The number of anilines is 6. The Morgan fingerprint density at radius 2 is 0.938 bits per heavy atom. The number of hydrogen-bond acceptors (Lipinski definition) is 2. The molecular weight excluding hydrogens is 784 g/mol. The number of nitrogens with zero attached hydrogens (tertiary/aromatic N) is 2. The van der Waals surface area contributed by atoms with Gasteiger partial charge in [0, 0.05) is 38.1 Å². The lowest BCUT2D eigenvalue weighted by Crippen LogP contribution is -2.62. The van der Waals surface area contributed by atoms with Gasteiger partial charge in [0.15, 0.2) is 0 Å². The van der Waals surface area contributed by atoms with Gasteiger partial charge in [-0.3, -0.25) is 0 Å². The van der Waals surface area contributed by atoms with Gasteiger partial charge in [-0.2, -0.15) is 0 Å². The van der Waals surface area contributed by atoms with Crippen molar-refractivity contribution in [2.75, 3.05) is 9.80 Å². The summed E-state index contributed by atoms with van der Waals surface area (Å²) >= 11 is 0. The predicted octanol–water partition coefficient (Wildman–Crippen LogP) is 15.3. The minimum absolute atomic E-state index is 0.0209. The zero-order chi connectivity index (χ0) is 49.1. The van der Waals surface area contributed by atoms with Crippen molar-refractivity contribution in [2.45, 2.75) is 169 Å². The summed E-state index contributed by atoms with van der Waals surface area (Å²) in [6.07, 6.45) is 4.45. The van der Waals surface area contributed by atoms with Crippen molar-refractivity contribution >= 4 is 57.2 Å². The first-order valence-corrected chi connectivity index (χ1v) is 24.5. The second-order valence-electron chi connectivity index (χ2n) is 25.1. The molecule has 2 nitrogen and oxygen atoms in total. The van der Waals surface area contributed by atoms with Crippen LogP contribution in [0, 0.1) is 13.8 Å². The maximum atomic E-state index is 9.21. The summed E-state index contributed by atoms with van der Waals surface area (Å²) in [5, 5.41) is 0. The summed E-state index contributed by atoms with van der Waals surface area (Å²) in [5.74, 6) is 0. The Morgan fingerprint density at radius 3 is 1.48 bits per heavy atom. The maximum absolute atomic E-state index is 9.21. The number of aryl methyl sites for hydroxylation is 2. The van der Waals surface area contributed by atoms with Crippen LogP contribution in [0.3, 0.4) is 0 Å². The molecule has 0 atom stereocenters. The maximum Gasteiger partial charge on any atom is 0.252 e. The summed E-state index contributed by atoms with van der Waals surface area (Å²) in [5.41, 5.74) is 21.8. The van der Waals surface area contributed by atoms with Crippen molar-refractivity contribution in [2.24, 2.45) is 0 Å². The second-order valence-corrected chi connectivity index (χ2v) is 25.1. The van der Waals surface area contributed by atoms with Gasteiger partial charge in [0.2, 0.25) is 0 Å². The van der Waals surface area contributed by atoms with Crippen LogP contribution in [-0.4, -0.2) is 6.71 Å². The Labute approximate surface area is 397 Å². The lowest BCUT2D eigenvalue weighted by Gasteiger charge is -2.48. The van der Waals surface area contributed by atoms with Gasteiger partial charge in [0.05, 0.1) is 5.69 Å². The molecule has 334 valence electrons. The molecule has 0 spiro atoms. The van der Waals surface area contributed by atoms with Crippen LogP contribution < -0.4 is 26.2 Å². The molecule has 65 heavy (non-hydrogen) atoms. The molecule has 2 aliphatic heterocycles. The monoisotopic (exact) mass is 860 g/mol. The van der Waals surface area contributed by atoms with Crippen molar-refractivity contribution in [3.8, 4) is 11.1 Å². The molecule has 0 unspecified atom stereocenters. The minimum Gasteiger partial charge on any atom is -0.311 e. The van der Waals surface area contributed by atoms with E-state index >= 15 is 0 Å². The fourth-order valence-electron chi connectivity index (χ4n) is 12.0. The Hall–Kier alpha value is -5.02. The van der Waals surface area contributed by atoms with E-state index in [0.29, 0.717) is 5.56 Å². The standard InChI is InChI=1S/C62H73BN2/c1-38-30-54-56-55(31-38)65(52-36-46-44(32-39(52)2)59(9,10)26-28-61(46,13)14)51-25-23-42(58(6,7)8)34-48(51)63(56)49-35-45-47(62(15,16)29-27-60(45,11)12)37-53(49)64(54)50-24-22-41(57(3,4)5)33-43(50)40-20-18-17-19-21-40/h17-25,30-37H,26-29H2,1-16H3/i1D3. The third-order valence-electron chi connectivity index (χ3n) is 16.5. The highest BCUT2D eigenvalue weighted by atomic mass is 15.2. The molecule has 3 heteroatoms. The second kappa shape index (κ2) is 14.2. The summed E-state index contributed by atoms with van der Waals surface area (Å²) in [6.45, 7) is 32.9. The molecule has 2 heterocycles. The van der Waals surface area contributed by atoms with Crippen LogP contribution in [0.5, 0.6) is 0 Å². The molecule has 0 saturated heterocycles. The van der Waals surface area contributed by atoms with Gasteiger partial charge in [-0.1, -0.05) is 158 Å². The first-order valence-electron chi connectivity index (χ1n) is 26.0. The molecule has 6 aromatic rings. The topological polar surface area (TPSA) is 6.48 Å². The number of fused-ring (bicyclic) bond motifs is 6. The van der Waals surface area contributed by atoms with E-state index in [2.05, 4.69) is 205 Å². The smallest absolute Gasteiger partial charge is 0.252 e. The fourth-order valence-corrected chi connectivity index (χ4v) is 12.0. The summed E-state index contributed by atoms with van der Waals surface area (Å²) in [6, 6.07) is 39.1. The van der Waals surface area contributed by atoms with Gasteiger partial charge in [-0.15, -0.1) is 0 Å². The Kier molecular flexibility index (Phi) is 8.83. The highest BCUT2D eigenvalue weighted by molar-refractivity contribution is 7.00. The third-order valence-corrected chi connectivity index (χ3v) is 16.5. The Balaban J connectivity index is 1.39. The molecule has 0 bridgehead atoms. The van der Waals surface area contributed by atoms with E-state index in [1.165, 1.54) is 49.9 Å².